The van der Waals surface area contributed by atoms with Crippen molar-refractivity contribution in [3.8, 4) is 0 Å². The van der Waals surface area contributed by atoms with Crippen molar-refractivity contribution in [3.63, 3.8) is 0 Å². The maximum atomic E-state index is 12.8. The molecule has 0 aliphatic carbocycles. The lowest BCUT2D eigenvalue weighted by Crippen LogP contribution is -2.12. The number of nitrogens with zero attached hydrogens (tertiary/aromatic N) is 1. The number of esters is 1. The van der Waals surface area contributed by atoms with E-state index in [1.54, 1.807) is 0 Å². The second-order valence-corrected chi connectivity index (χ2v) is 3.37. The van der Waals surface area contributed by atoms with Crippen molar-refractivity contribution in [2.75, 3.05) is 7.11 Å². The lowest BCUT2D eigenvalue weighted by molar-refractivity contribution is 0.0587. The van der Waals surface area contributed by atoms with Gasteiger partial charge in [0.2, 0.25) is 0 Å². The molecule has 16 heavy (non-hydrogen) atoms. The lowest BCUT2D eigenvalue weighted by Gasteiger charge is -2.12. The minimum atomic E-state index is -2.76. The van der Waals surface area contributed by atoms with E-state index in [4.69, 9.17) is 11.6 Å². The Hall–Kier alpha value is -1.23. The summed E-state index contributed by atoms with van der Waals surface area (Å²) in [4.78, 5) is 15.3. The number of hydrogen-bond donors (Lipinski definition) is 0. The molecule has 1 heterocycles. The van der Waals surface area contributed by atoms with Crippen molar-refractivity contribution >= 4 is 17.6 Å². The van der Waals surface area contributed by atoms with Crippen LogP contribution in [0.15, 0.2) is 6.20 Å². The van der Waals surface area contributed by atoms with E-state index in [9.17, 15) is 13.6 Å². The summed E-state index contributed by atoms with van der Waals surface area (Å²) in [5.74, 6) is -0.966. The highest BCUT2D eigenvalue weighted by Crippen LogP contribution is 2.28. The van der Waals surface area contributed by atoms with Crippen LogP contribution in [0.1, 0.15) is 33.6 Å². The Bertz CT molecular complexity index is 410. The first-order valence-electron chi connectivity index (χ1n) is 4.43. The van der Waals surface area contributed by atoms with Gasteiger partial charge in [0, 0.05) is 11.8 Å². The van der Waals surface area contributed by atoms with Gasteiger partial charge in [-0.15, -0.1) is 11.6 Å². The Balaban J connectivity index is 3.48. The summed E-state index contributed by atoms with van der Waals surface area (Å²) in [6.07, 6.45) is -1.50. The van der Waals surface area contributed by atoms with Gasteiger partial charge in [0.05, 0.1) is 24.2 Å². The summed E-state index contributed by atoms with van der Waals surface area (Å²) in [6.45, 7) is 1.46. The molecule has 1 aromatic rings. The number of methoxy groups -OCH3 is 1. The molecule has 3 nitrogen and oxygen atoms in total. The van der Waals surface area contributed by atoms with Crippen LogP contribution in [0.3, 0.4) is 0 Å². The van der Waals surface area contributed by atoms with Gasteiger partial charge in [0.25, 0.3) is 6.43 Å². The van der Waals surface area contributed by atoms with Gasteiger partial charge in [-0.05, 0) is 12.5 Å². The summed E-state index contributed by atoms with van der Waals surface area (Å²) in [6, 6.07) is 0. The highest BCUT2D eigenvalue weighted by atomic mass is 35.5. The molecule has 0 aliphatic rings. The third kappa shape index (κ3) is 2.29. The van der Waals surface area contributed by atoms with Crippen molar-refractivity contribution in [2.24, 2.45) is 0 Å². The van der Waals surface area contributed by atoms with Crippen LogP contribution >= 0.6 is 11.6 Å². The van der Waals surface area contributed by atoms with Crippen molar-refractivity contribution in [2.45, 2.75) is 19.2 Å². The van der Waals surface area contributed by atoms with E-state index >= 15 is 0 Å². The standard InChI is InChI=1S/C10H10ClF2NO2/c1-5-4-14-6(3-11)8(10(15)16-2)7(5)9(12)13/h4,9H,3H2,1-2H3. The summed E-state index contributed by atoms with van der Waals surface area (Å²) in [5, 5.41) is 0. The molecule has 6 heteroatoms. The second kappa shape index (κ2) is 5.21. The summed E-state index contributed by atoms with van der Waals surface area (Å²) in [5.41, 5.74) is -0.247. The van der Waals surface area contributed by atoms with Crippen molar-refractivity contribution < 1.29 is 18.3 Å². The number of ether oxygens (including phenoxy) is 1. The fourth-order valence-electron chi connectivity index (χ4n) is 1.37. The molecule has 0 bridgehead atoms. The Morgan fingerprint density at radius 3 is 2.69 bits per heavy atom. The van der Waals surface area contributed by atoms with E-state index in [1.807, 2.05) is 0 Å². The Labute approximate surface area is 96.4 Å². The van der Waals surface area contributed by atoms with E-state index < -0.39 is 12.4 Å². The fourth-order valence-corrected chi connectivity index (χ4v) is 1.58. The normalized spacial score (nSPS) is 10.6. The zero-order valence-electron chi connectivity index (χ0n) is 8.76. The number of aryl methyl sites for hydroxylation is 1. The van der Waals surface area contributed by atoms with Crippen molar-refractivity contribution in [1.29, 1.82) is 0 Å². The minimum absolute atomic E-state index is 0.106. The lowest BCUT2D eigenvalue weighted by atomic mass is 10.0. The van der Waals surface area contributed by atoms with E-state index in [-0.39, 0.29) is 28.3 Å². The molecule has 0 fully saturated rings. The molecular formula is C10H10ClF2NO2. The third-order valence-corrected chi connectivity index (χ3v) is 2.38. The molecular weight excluding hydrogens is 240 g/mol. The monoisotopic (exact) mass is 249 g/mol. The van der Waals surface area contributed by atoms with Crippen LogP contribution in [0.2, 0.25) is 0 Å². The number of carbonyl (C=O) groups excluding carboxylic acids is 1. The number of pyridine rings is 1. The average molecular weight is 250 g/mol. The third-order valence-electron chi connectivity index (χ3n) is 2.13. The van der Waals surface area contributed by atoms with Gasteiger partial charge in [-0.25, -0.2) is 13.6 Å². The van der Waals surface area contributed by atoms with Crippen LogP contribution in [0.4, 0.5) is 8.78 Å². The molecule has 0 spiro atoms. The highest BCUT2D eigenvalue weighted by molar-refractivity contribution is 6.17. The quantitative estimate of drug-likeness (QED) is 0.611. The molecule has 0 radical (unpaired) electrons. The Morgan fingerprint density at radius 1 is 1.62 bits per heavy atom. The highest BCUT2D eigenvalue weighted by Gasteiger charge is 2.25. The van der Waals surface area contributed by atoms with Gasteiger partial charge in [-0.3, -0.25) is 4.98 Å². The first kappa shape index (κ1) is 12.8. The van der Waals surface area contributed by atoms with Gasteiger partial charge >= 0.3 is 5.97 Å². The van der Waals surface area contributed by atoms with Crippen LogP contribution in [0.5, 0.6) is 0 Å². The van der Waals surface area contributed by atoms with Gasteiger partial charge in [0.1, 0.15) is 0 Å². The van der Waals surface area contributed by atoms with Gasteiger partial charge in [0.15, 0.2) is 0 Å². The van der Waals surface area contributed by atoms with Crippen LogP contribution in [-0.4, -0.2) is 18.1 Å². The number of aromatic nitrogens is 1. The van der Waals surface area contributed by atoms with E-state index in [1.165, 1.54) is 13.1 Å². The maximum Gasteiger partial charge on any atom is 0.340 e. The van der Waals surface area contributed by atoms with E-state index in [0.717, 1.165) is 7.11 Å². The van der Waals surface area contributed by atoms with Crippen molar-refractivity contribution in [1.82, 2.24) is 4.98 Å². The number of halogens is 3. The number of hydrogen-bond acceptors (Lipinski definition) is 3. The summed E-state index contributed by atoms with van der Waals surface area (Å²) in [7, 11) is 1.12. The molecule has 0 aromatic carbocycles. The molecule has 0 atom stereocenters. The zero-order chi connectivity index (χ0) is 12.3. The number of alkyl halides is 3. The fraction of sp³-hybridized carbons (Fsp3) is 0.400. The topological polar surface area (TPSA) is 39.2 Å². The first-order chi connectivity index (χ1) is 7.52. The summed E-state index contributed by atoms with van der Waals surface area (Å²) >= 11 is 5.55. The second-order valence-electron chi connectivity index (χ2n) is 3.10. The van der Waals surface area contributed by atoms with Crippen molar-refractivity contribution in [3.05, 3.63) is 28.6 Å². The predicted octanol–water partition coefficient (Wildman–Crippen LogP) is 2.85. The van der Waals surface area contributed by atoms with Gasteiger partial charge < -0.3 is 4.74 Å². The zero-order valence-corrected chi connectivity index (χ0v) is 9.52. The molecule has 0 aliphatic heterocycles. The van der Waals surface area contributed by atoms with E-state index in [0.29, 0.717) is 0 Å². The summed E-state index contributed by atoms with van der Waals surface area (Å²) < 4.78 is 30.1. The molecule has 0 unspecified atom stereocenters. The van der Waals surface area contributed by atoms with Crippen LogP contribution in [-0.2, 0) is 10.6 Å². The molecule has 1 rings (SSSR count). The minimum Gasteiger partial charge on any atom is -0.465 e. The molecule has 88 valence electrons. The Kier molecular flexibility index (Phi) is 4.18. The molecule has 1 aromatic heterocycles. The predicted molar refractivity (Wildman–Crippen MR) is 54.8 cm³/mol. The molecule has 0 saturated heterocycles. The molecule has 0 N–H and O–H groups in total. The van der Waals surface area contributed by atoms with Crippen LogP contribution in [0.25, 0.3) is 0 Å². The average Bonchev–Trinajstić information content (AvgIpc) is 2.27. The maximum absolute atomic E-state index is 12.8. The Morgan fingerprint density at radius 2 is 2.25 bits per heavy atom. The largest absolute Gasteiger partial charge is 0.465 e. The van der Waals surface area contributed by atoms with Gasteiger partial charge in [-0.2, -0.15) is 0 Å². The number of carbonyl (C=O) groups is 1. The SMILES string of the molecule is COC(=O)c1c(CCl)ncc(C)c1C(F)F. The number of rotatable bonds is 3. The van der Waals surface area contributed by atoms with Gasteiger partial charge in [-0.1, -0.05) is 0 Å². The van der Waals surface area contributed by atoms with Crippen LogP contribution < -0.4 is 0 Å². The molecule has 0 saturated carbocycles. The van der Waals surface area contributed by atoms with Crippen LogP contribution in [0, 0.1) is 6.92 Å². The smallest absolute Gasteiger partial charge is 0.340 e. The molecule has 0 amide bonds. The van der Waals surface area contributed by atoms with E-state index in [2.05, 4.69) is 9.72 Å². The first-order valence-corrected chi connectivity index (χ1v) is 4.97.